The topological polar surface area (TPSA) is 47.6 Å². The van der Waals surface area contributed by atoms with Crippen LogP contribution in [0.3, 0.4) is 0 Å². The molecule has 1 aromatic carbocycles. The third-order valence-corrected chi connectivity index (χ3v) is 3.48. The van der Waals surface area contributed by atoms with Crippen LogP contribution in [0.2, 0.25) is 0 Å². The van der Waals surface area contributed by atoms with E-state index < -0.39 is 0 Å². The summed E-state index contributed by atoms with van der Waals surface area (Å²) in [5.74, 6) is 1.30. The predicted molar refractivity (Wildman–Crippen MR) is 74.1 cm³/mol. The van der Waals surface area contributed by atoms with Crippen LogP contribution in [0, 0.1) is 0 Å². The monoisotopic (exact) mass is 263 g/mol. The van der Waals surface area contributed by atoms with Crippen LogP contribution in [0.15, 0.2) is 18.2 Å². The Morgan fingerprint density at radius 3 is 3.00 bits per heavy atom. The molecule has 0 amide bonds. The molecule has 1 fully saturated rings. The van der Waals surface area contributed by atoms with Crippen molar-refractivity contribution < 1.29 is 14.3 Å². The lowest BCUT2D eigenvalue weighted by Gasteiger charge is -2.23. The van der Waals surface area contributed by atoms with Gasteiger partial charge < -0.3 is 14.8 Å². The minimum atomic E-state index is 0.538. The quantitative estimate of drug-likeness (QED) is 0.801. The first-order valence-electron chi connectivity index (χ1n) is 6.83. The Morgan fingerprint density at radius 2 is 2.32 bits per heavy atom. The first-order chi connectivity index (χ1) is 9.33. The van der Waals surface area contributed by atoms with Gasteiger partial charge in [-0.25, -0.2) is 0 Å². The molecule has 1 saturated heterocycles. The summed E-state index contributed by atoms with van der Waals surface area (Å²) in [5, 5.41) is 3.48. The summed E-state index contributed by atoms with van der Waals surface area (Å²) < 4.78 is 10.8. The zero-order valence-electron chi connectivity index (χ0n) is 11.4. The summed E-state index contributed by atoms with van der Waals surface area (Å²) in [6.45, 7) is 1.73. The summed E-state index contributed by atoms with van der Waals surface area (Å²) in [6, 6.07) is 5.84. The molecule has 1 aromatic rings. The smallest absolute Gasteiger partial charge is 0.153 e. The van der Waals surface area contributed by atoms with E-state index in [-0.39, 0.29) is 0 Å². The Morgan fingerprint density at radius 1 is 1.42 bits per heavy atom. The summed E-state index contributed by atoms with van der Waals surface area (Å²) in [4.78, 5) is 11.0. The zero-order valence-corrected chi connectivity index (χ0v) is 11.4. The van der Waals surface area contributed by atoms with E-state index in [1.54, 1.807) is 25.3 Å². The fourth-order valence-corrected chi connectivity index (χ4v) is 2.36. The number of hydrogen-bond acceptors (Lipinski definition) is 4. The van der Waals surface area contributed by atoms with Crippen molar-refractivity contribution >= 4 is 6.29 Å². The van der Waals surface area contributed by atoms with Gasteiger partial charge in [-0.1, -0.05) is 6.42 Å². The van der Waals surface area contributed by atoms with Crippen LogP contribution in [-0.4, -0.2) is 32.6 Å². The van der Waals surface area contributed by atoms with Crippen LogP contribution in [0.1, 0.15) is 36.0 Å². The van der Waals surface area contributed by atoms with Crippen LogP contribution in [0.4, 0.5) is 0 Å². The molecule has 104 valence electrons. The number of nitrogens with one attached hydrogen (secondary N) is 1. The van der Waals surface area contributed by atoms with Gasteiger partial charge in [-0.05, 0) is 44.0 Å². The highest BCUT2D eigenvalue weighted by molar-refractivity contribution is 5.80. The van der Waals surface area contributed by atoms with Crippen molar-refractivity contribution in [2.75, 3.05) is 20.3 Å². The molecular weight excluding hydrogens is 242 g/mol. The molecule has 1 N–H and O–H groups in total. The molecule has 0 aliphatic carbocycles. The molecule has 2 rings (SSSR count). The minimum absolute atomic E-state index is 0.538. The van der Waals surface area contributed by atoms with Gasteiger partial charge in [0.2, 0.25) is 0 Å². The number of ether oxygens (including phenoxy) is 2. The SMILES string of the molecule is COc1ccc(OCCC2CCCCN2)c(C=O)c1. The molecule has 0 radical (unpaired) electrons. The number of rotatable bonds is 6. The summed E-state index contributed by atoms with van der Waals surface area (Å²) in [5.41, 5.74) is 0.538. The molecule has 1 heterocycles. The van der Waals surface area contributed by atoms with Gasteiger partial charge in [0.15, 0.2) is 6.29 Å². The van der Waals surface area contributed by atoms with Gasteiger partial charge in [-0.3, -0.25) is 4.79 Å². The first kappa shape index (κ1) is 13.9. The van der Waals surface area contributed by atoms with E-state index in [2.05, 4.69) is 5.32 Å². The highest BCUT2D eigenvalue weighted by Crippen LogP contribution is 2.23. The zero-order chi connectivity index (χ0) is 13.5. The van der Waals surface area contributed by atoms with Crippen molar-refractivity contribution in [1.82, 2.24) is 5.32 Å². The van der Waals surface area contributed by atoms with Crippen LogP contribution in [0.25, 0.3) is 0 Å². The predicted octanol–water partition coefficient (Wildman–Crippen LogP) is 2.42. The van der Waals surface area contributed by atoms with E-state index in [0.717, 1.165) is 19.3 Å². The van der Waals surface area contributed by atoms with Gasteiger partial charge in [-0.15, -0.1) is 0 Å². The van der Waals surface area contributed by atoms with Gasteiger partial charge in [0.1, 0.15) is 11.5 Å². The van der Waals surface area contributed by atoms with E-state index in [9.17, 15) is 4.79 Å². The van der Waals surface area contributed by atoms with Gasteiger partial charge in [-0.2, -0.15) is 0 Å². The lowest BCUT2D eigenvalue weighted by Crippen LogP contribution is -2.35. The standard InChI is InChI=1S/C15H21NO3/c1-18-14-5-6-15(12(10-14)11-17)19-9-7-13-4-2-3-8-16-13/h5-6,10-11,13,16H,2-4,7-9H2,1H3. The van der Waals surface area contributed by atoms with Gasteiger partial charge >= 0.3 is 0 Å². The van der Waals surface area contributed by atoms with Crippen LogP contribution in [-0.2, 0) is 0 Å². The maximum Gasteiger partial charge on any atom is 0.153 e. The summed E-state index contributed by atoms with van der Waals surface area (Å²) >= 11 is 0. The van der Waals surface area contributed by atoms with E-state index in [1.807, 2.05) is 0 Å². The third kappa shape index (κ3) is 3.96. The Labute approximate surface area is 114 Å². The van der Waals surface area contributed by atoms with Crippen molar-refractivity contribution in [3.05, 3.63) is 23.8 Å². The normalized spacial score (nSPS) is 18.9. The molecule has 1 atom stereocenters. The fraction of sp³-hybridized carbons (Fsp3) is 0.533. The number of methoxy groups -OCH3 is 1. The lowest BCUT2D eigenvalue weighted by atomic mass is 10.0. The van der Waals surface area contributed by atoms with Crippen molar-refractivity contribution in [2.45, 2.75) is 31.7 Å². The van der Waals surface area contributed by atoms with Crippen LogP contribution in [0.5, 0.6) is 11.5 Å². The first-order valence-corrected chi connectivity index (χ1v) is 6.83. The van der Waals surface area contributed by atoms with Gasteiger partial charge in [0.25, 0.3) is 0 Å². The van der Waals surface area contributed by atoms with Crippen molar-refractivity contribution in [2.24, 2.45) is 0 Å². The number of piperidine rings is 1. The number of hydrogen-bond donors (Lipinski definition) is 1. The summed E-state index contributed by atoms with van der Waals surface area (Å²) in [6.07, 6.45) is 5.55. The molecule has 1 aliphatic heterocycles. The van der Waals surface area contributed by atoms with Gasteiger partial charge in [0, 0.05) is 6.04 Å². The fourth-order valence-electron chi connectivity index (χ4n) is 2.36. The van der Waals surface area contributed by atoms with E-state index in [4.69, 9.17) is 9.47 Å². The average Bonchev–Trinajstić information content (AvgIpc) is 2.48. The number of aldehydes is 1. The lowest BCUT2D eigenvalue weighted by molar-refractivity contribution is 0.111. The Kier molecular flexibility index (Phi) is 5.21. The largest absolute Gasteiger partial charge is 0.497 e. The number of benzene rings is 1. The maximum absolute atomic E-state index is 11.0. The second-order valence-corrected chi connectivity index (χ2v) is 4.81. The third-order valence-electron chi connectivity index (χ3n) is 3.48. The molecule has 4 nitrogen and oxygen atoms in total. The van der Waals surface area contributed by atoms with Crippen molar-refractivity contribution in [1.29, 1.82) is 0 Å². The highest BCUT2D eigenvalue weighted by Gasteiger charge is 2.12. The second kappa shape index (κ2) is 7.14. The molecule has 0 bridgehead atoms. The average molecular weight is 263 g/mol. The van der Waals surface area contributed by atoms with E-state index in [0.29, 0.717) is 29.7 Å². The number of carbonyl (C=O) groups is 1. The molecule has 1 unspecified atom stereocenters. The molecule has 1 aliphatic rings. The molecule has 4 heteroatoms. The van der Waals surface area contributed by atoms with Crippen LogP contribution >= 0.6 is 0 Å². The van der Waals surface area contributed by atoms with Crippen molar-refractivity contribution in [3.63, 3.8) is 0 Å². The number of carbonyl (C=O) groups excluding carboxylic acids is 1. The molecule has 0 spiro atoms. The molecule has 0 saturated carbocycles. The highest BCUT2D eigenvalue weighted by atomic mass is 16.5. The van der Waals surface area contributed by atoms with Crippen LogP contribution < -0.4 is 14.8 Å². The van der Waals surface area contributed by atoms with Crippen molar-refractivity contribution in [3.8, 4) is 11.5 Å². The Bertz CT molecular complexity index is 414. The molecule has 19 heavy (non-hydrogen) atoms. The second-order valence-electron chi connectivity index (χ2n) is 4.81. The molecule has 0 aromatic heterocycles. The van der Waals surface area contributed by atoms with E-state index in [1.165, 1.54) is 19.3 Å². The maximum atomic E-state index is 11.0. The van der Waals surface area contributed by atoms with Gasteiger partial charge in [0.05, 0.1) is 19.3 Å². The minimum Gasteiger partial charge on any atom is -0.497 e. The Balaban J connectivity index is 1.86. The van der Waals surface area contributed by atoms with E-state index >= 15 is 0 Å². The Hall–Kier alpha value is -1.55. The summed E-state index contributed by atoms with van der Waals surface area (Å²) in [7, 11) is 1.58. The molecular formula is C15H21NO3.